The zero-order valence-electron chi connectivity index (χ0n) is 15.4. The highest BCUT2D eigenvalue weighted by Gasteiger charge is 2.46. The van der Waals surface area contributed by atoms with E-state index in [-0.39, 0.29) is 23.2 Å². The molecule has 1 aliphatic heterocycles. The van der Waals surface area contributed by atoms with Gasteiger partial charge in [-0.1, -0.05) is 29.8 Å². The summed E-state index contributed by atoms with van der Waals surface area (Å²) in [5, 5.41) is 10.5. The van der Waals surface area contributed by atoms with E-state index in [2.05, 4.69) is 0 Å². The minimum Gasteiger partial charge on any atom is -0.395 e. The molecule has 0 saturated carbocycles. The van der Waals surface area contributed by atoms with Gasteiger partial charge in [0.15, 0.2) is 0 Å². The van der Waals surface area contributed by atoms with Crippen LogP contribution in [-0.4, -0.2) is 49.7 Å². The molecule has 27 heavy (non-hydrogen) atoms. The first-order valence-corrected chi connectivity index (χ1v) is 10.2. The molecule has 2 aromatic carbocycles. The van der Waals surface area contributed by atoms with Crippen molar-refractivity contribution in [3.8, 4) is 0 Å². The summed E-state index contributed by atoms with van der Waals surface area (Å²) in [6.45, 7) is 2.71. The third kappa shape index (κ3) is 3.78. The van der Waals surface area contributed by atoms with Crippen molar-refractivity contribution in [2.45, 2.75) is 29.6 Å². The summed E-state index contributed by atoms with van der Waals surface area (Å²) in [4.78, 5) is 1.84. The maximum atomic E-state index is 13.4. The Morgan fingerprint density at radius 1 is 1.22 bits per heavy atom. The van der Waals surface area contributed by atoms with Crippen LogP contribution in [-0.2, 0) is 15.5 Å². The van der Waals surface area contributed by atoms with Gasteiger partial charge in [-0.05, 0) is 62.2 Å². The molecule has 0 radical (unpaired) electrons. The molecule has 1 aliphatic rings. The van der Waals surface area contributed by atoms with Gasteiger partial charge in [-0.2, -0.15) is 8.42 Å². The fourth-order valence-electron chi connectivity index (χ4n) is 4.25. The number of aryl methyl sites for hydroxylation is 1. The fourth-order valence-corrected chi connectivity index (χ4v) is 5.03. The van der Waals surface area contributed by atoms with E-state index in [1.165, 1.54) is 18.2 Å². The summed E-state index contributed by atoms with van der Waals surface area (Å²) in [5.74, 6) is -0.572. The van der Waals surface area contributed by atoms with E-state index in [9.17, 15) is 22.5 Å². The van der Waals surface area contributed by atoms with Crippen molar-refractivity contribution in [2.24, 2.45) is 0 Å². The molecule has 2 aromatic rings. The Hall–Kier alpha value is -1.80. The second kappa shape index (κ2) is 7.31. The normalized spacial score (nSPS) is 24.1. The van der Waals surface area contributed by atoms with Crippen molar-refractivity contribution < 1.29 is 22.5 Å². The van der Waals surface area contributed by atoms with Gasteiger partial charge in [-0.3, -0.25) is 4.55 Å². The summed E-state index contributed by atoms with van der Waals surface area (Å²) in [6.07, 6.45) is 0.668. The van der Waals surface area contributed by atoms with Crippen LogP contribution in [0.4, 0.5) is 4.39 Å². The number of aliphatic hydroxyl groups excluding tert-OH is 1. The first kappa shape index (κ1) is 19.9. The largest absolute Gasteiger partial charge is 0.395 e. The zero-order chi connectivity index (χ0) is 19.8. The van der Waals surface area contributed by atoms with Crippen molar-refractivity contribution >= 4 is 10.1 Å². The monoisotopic (exact) mass is 393 g/mol. The molecule has 3 rings (SSSR count). The number of nitrogens with zero attached hydrogens (tertiary/aromatic N) is 1. The van der Waals surface area contributed by atoms with Gasteiger partial charge in [-0.15, -0.1) is 0 Å². The second-order valence-corrected chi connectivity index (χ2v) is 8.81. The van der Waals surface area contributed by atoms with Crippen LogP contribution in [0.5, 0.6) is 0 Å². The van der Waals surface area contributed by atoms with Crippen LogP contribution in [0.15, 0.2) is 47.4 Å². The standard InChI is InChI=1S/C20H24FNO4S/c1-14-3-8-19(27(24,25)26)18(11-14)20(13-23)12-22(2)10-9-17(20)15-4-6-16(21)7-5-15/h3-8,11,17,23H,9-10,12-13H2,1-2H3,(H,24,25,26)/t17-,20+/m0/s1. The molecule has 0 aromatic heterocycles. The molecule has 2 atom stereocenters. The molecular weight excluding hydrogens is 369 g/mol. The number of rotatable bonds is 4. The van der Waals surface area contributed by atoms with Crippen molar-refractivity contribution in [1.82, 2.24) is 4.90 Å². The van der Waals surface area contributed by atoms with Gasteiger partial charge >= 0.3 is 0 Å². The van der Waals surface area contributed by atoms with E-state index in [0.29, 0.717) is 18.5 Å². The van der Waals surface area contributed by atoms with Crippen molar-refractivity contribution in [2.75, 3.05) is 26.7 Å². The maximum absolute atomic E-state index is 13.4. The first-order chi connectivity index (χ1) is 12.7. The molecule has 0 aliphatic carbocycles. The fraction of sp³-hybridized carbons (Fsp3) is 0.400. The van der Waals surface area contributed by atoms with E-state index in [4.69, 9.17) is 0 Å². The van der Waals surface area contributed by atoms with Gasteiger partial charge in [0.05, 0.1) is 11.5 Å². The number of piperidine rings is 1. The number of likely N-dealkylation sites (tertiary alicyclic amines) is 1. The van der Waals surface area contributed by atoms with E-state index < -0.39 is 15.5 Å². The molecule has 5 nitrogen and oxygen atoms in total. The predicted molar refractivity (Wildman–Crippen MR) is 101 cm³/mol. The van der Waals surface area contributed by atoms with Gasteiger partial charge in [0.25, 0.3) is 10.1 Å². The molecule has 146 valence electrons. The summed E-state index contributed by atoms with van der Waals surface area (Å²) in [5.41, 5.74) is 1.12. The lowest BCUT2D eigenvalue weighted by Crippen LogP contribution is -2.52. The van der Waals surface area contributed by atoms with Crippen LogP contribution < -0.4 is 0 Å². The Kier molecular flexibility index (Phi) is 5.40. The number of likely N-dealkylation sites (N-methyl/N-ethyl adjacent to an activating group) is 1. The average molecular weight is 393 g/mol. The summed E-state index contributed by atoms with van der Waals surface area (Å²) < 4.78 is 47.3. The van der Waals surface area contributed by atoms with Gasteiger partial charge in [0.2, 0.25) is 0 Å². The van der Waals surface area contributed by atoms with Crippen LogP contribution in [0.1, 0.15) is 29.0 Å². The Bertz CT molecular complexity index is 929. The van der Waals surface area contributed by atoms with E-state index in [1.807, 2.05) is 18.9 Å². The smallest absolute Gasteiger partial charge is 0.294 e. The average Bonchev–Trinajstić information content (AvgIpc) is 2.61. The van der Waals surface area contributed by atoms with Gasteiger partial charge in [-0.25, -0.2) is 4.39 Å². The van der Waals surface area contributed by atoms with Crippen LogP contribution in [0, 0.1) is 12.7 Å². The van der Waals surface area contributed by atoms with Crippen LogP contribution >= 0.6 is 0 Å². The highest BCUT2D eigenvalue weighted by Crippen LogP contribution is 2.46. The lowest BCUT2D eigenvalue weighted by molar-refractivity contribution is 0.0818. The lowest BCUT2D eigenvalue weighted by atomic mass is 9.64. The quantitative estimate of drug-likeness (QED) is 0.781. The topological polar surface area (TPSA) is 77.8 Å². The molecule has 2 N–H and O–H groups in total. The van der Waals surface area contributed by atoms with E-state index >= 15 is 0 Å². The summed E-state index contributed by atoms with van der Waals surface area (Å²) >= 11 is 0. The molecular formula is C20H24FNO4S. The zero-order valence-corrected chi connectivity index (χ0v) is 16.2. The summed E-state index contributed by atoms with van der Waals surface area (Å²) in [7, 11) is -2.56. The maximum Gasteiger partial charge on any atom is 0.294 e. The number of benzene rings is 2. The Morgan fingerprint density at radius 2 is 1.89 bits per heavy atom. The number of halogens is 1. The second-order valence-electron chi connectivity index (χ2n) is 7.42. The third-order valence-electron chi connectivity index (χ3n) is 5.52. The Morgan fingerprint density at radius 3 is 2.48 bits per heavy atom. The van der Waals surface area contributed by atoms with Crippen LogP contribution in [0.2, 0.25) is 0 Å². The number of aliphatic hydroxyl groups is 1. The molecule has 7 heteroatoms. The molecule has 1 saturated heterocycles. The van der Waals surface area contributed by atoms with E-state index in [0.717, 1.165) is 17.7 Å². The number of hydrogen-bond acceptors (Lipinski definition) is 4. The predicted octanol–water partition coefficient (Wildman–Crippen LogP) is 2.73. The van der Waals surface area contributed by atoms with Crippen LogP contribution in [0.25, 0.3) is 0 Å². The minimum atomic E-state index is -4.47. The SMILES string of the molecule is Cc1ccc(S(=O)(=O)O)c([C@@]2(CO)CN(C)CC[C@H]2c2ccc(F)cc2)c1. The third-order valence-corrected chi connectivity index (χ3v) is 6.43. The van der Waals surface area contributed by atoms with Crippen molar-refractivity contribution in [3.05, 3.63) is 65.0 Å². The van der Waals surface area contributed by atoms with Gasteiger partial charge < -0.3 is 10.0 Å². The van der Waals surface area contributed by atoms with Gasteiger partial charge in [0.1, 0.15) is 5.82 Å². The van der Waals surface area contributed by atoms with Crippen molar-refractivity contribution in [1.29, 1.82) is 0 Å². The van der Waals surface area contributed by atoms with Crippen LogP contribution in [0.3, 0.4) is 0 Å². The molecule has 0 spiro atoms. The highest BCUT2D eigenvalue weighted by atomic mass is 32.2. The molecule has 0 amide bonds. The summed E-state index contributed by atoms with van der Waals surface area (Å²) in [6, 6.07) is 10.8. The van der Waals surface area contributed by atoms with Gasteiger partial charge in [0, 0.05) is 12.0 Å². The Balaban J connectivity index is 2.26. The molecule has 0 unspecified atom stereocenters. The number of hydrogen-bond donors (Lipinski definition) is 2. The Labute approximate surface area is 159 Å². The van der Waals surface area contributed by atoms with Crippen molar-refractivity contribution in [3.63, 3.8) is 0 Å². The highest BCUT2D eigenvalue weighted by molar-refractivity contribution is 7.85. The first-order valence-electron chi connectivity index (χ1n) is 8.81. The molecule has 1 fully saturated rings. The minimum absolute atomic E-state index is 0.190. The molecule has 1 heterocycles. The lowest BCUT2D eigenvalue weighted by Gasteiger charge is -2.47. The van der Waals surface area contributed by atoms with E-state index in [1.54, 1.807) is 24.3 Å². The molecule has 0 bridgehead atoms.